The van der Waals surface area contributed by atoms with Crippen LogP contribution in [0.3, 0.4) is 0 Å². The molecule has 0 heterocycles. The third-order valence-electron chi connectivity index (χ3n) is 2.77. The second-order valence-corrected chi connectivity index (χ2v) is 5.07. The standard InChI is InChI=1S/C13H20FNO2/c1-13(2,3)12(15)8-6-10(16-4)11(17-5)7-9(8)14/h6-7,12H,15H2,1-5H3/t12-/m1/s1. The third-order valence-corrected chi connectivity index (χ3v) is 2.77. The van der Waals surface area contributed by atoms with Crippen LogP contribution in [-0.2, 0) is 0 Å². The topological polar surface area (TPSA) is 44.5 Å². The molecule has 0 unspecified atom stereocenters. The molecular formula is C13H20FNO2. The van der Waals surface area contributed by atoms with Gasteiger partial charge in [0.05, 0.1) is 14.2 Å². The summed E-state index contributed by atoms with van der Waals surface area (Å²) in [6.45, 7) is 5.90. The number of hydrogen-bond donors (Lipinski definition) is 1. The fourth-order valence-electron chi connectivity index (χ4n) is 1.57. The largest absolute Gasteiger partial charge is 0.493 e. The quantitative estimate of drug-likeness (QED) is 0.885. The first kappa shape index (κ1) is 13.8. The van der Waals surface area contributed by atoms with E-state index in [9.17, 15) is 4.39 Å². The summed E-state index contributed by atoms with van der Waals surface area (Å²) in [6, 6.07) is 2.51. The van der Waals surface area contributed by atoms with Crippen LogP contribution in [0.2, 0.25) is 0 Å². The van der Waals surface area contributed by atoms with Crippen LogP contribution < -0.4 is 15.2 Å². The maximum atomic E-state index is 13.9. The van der Waals surface area contributed by atoms with Gasteiger partial charge in [-0.3, -0.25) is 0 Å². The van der Waals surface area contributed by atoms with Crippen molar-refractivity contribution >= 4 is 0 Å². The van der Waals surface area contributed by atoms with Gasteiger partial charge in [0.2, 0.25) is 0 Å². The maximum absolute atomic E-state index is 13.9. The molecule has 0 fully saturated rings. The summed E-state index contributed by atoms with van der Waals surface area (Å²) in [4.78, 5) is 0. The van der Waals surface area contributed by atoms with Crippen molar-refractivity contribution in [2.24, 2.45) is 11.1 Å². The lowest BCUT2D eigenvalue weighted by Gasteiger charge is -2.28. The van der Waals surface area contributed by atoms with Crippen molar-refractivity contribution in [1.29, 1.82) is 0 Å². The summed E-state index contributed by atoms with van der Waals surface area (Å²) in [6.07, 6.45) is 0. The second kappa shape index (κ2) is 4.92. The molecule has 0 bridgehead atoms. The van der Waals surface area contributed by atoms with Crippen LogP contribution in [0.25, 0.3) is 0 Å². The van der Waals surface area contributed by atoms with Gasteiger partial charge in [0, 0.05) is 17.7 Å². The Kier molecular flexibility index (Phi) is 3.98. The highest BCUT2D eigenvalue weighted by Gasteiger charge is 2.26. The average Bonchev–Trinajstić information content (AvgIpc) is 2.26. The summed E-state index contributed by atoms with van der Waals surface area (Å²) in [5, 5.41) is 0. The molecule has 2 N–H and O–H groups in total. The Morgan fingerprint density at radius 3 is 2.00 bits per heavy atom. The molecule has 0 spiro atoms. The maximum Gasteiger partial charge on any atom is 0.163 e. The van der Waals surface area contributed by atoms with E-state index in [-0.39, 0.29) is 11.2 Å². The summed E-state index contributed by atoms with van der Waals surface area (Å²) in [5.41, 5.74) is 6.27. The number of nitrogens with two attached hydrogens (primary N) is 1. The molecule has 3 nitrogen and oxygen atoms in total. The molecule has 0 aliphatic rings. The zero-order valence-electron chi connectivity index (χ0n) is 11.0. The highest BCUT2D eigenvalue weighted by atomic mass is 19.1. The van der Waals surface area contributed by atoms with E-state index in [1.807, 2.05) is 20.8 Å². The van der Waals surface area contributed by atoms with Gasteiger partial charge in [-0.1, -0.05) is 20.8 Å². The molecule has 4 heteroatoms. The summed E-state index contributed by atoms with van der Waals surface area (Å²) >= 11 is 0. The number of ether oxygens (including phenoxy) is 2. The van der Waals surface area contributed by atoms with Gasteiger partial charge < -0.3 is 15.2 Å². The van der Waals surface area contributed by atoms with Crippen LogP contribution in [0, 0.1) is 11.2 Å². The number of benzene rings is 1. The van der Waals surface area contributed by atoms with Gasteiger partial charge in [-0.05, 0) is 11.5 Å². The van der Waals surface area contributed by atoms with Crippen LogP contribution in [0.1, 0.15) is 32.4 Å². The van der Waals surface area contributed by atoms with Gasteiger partial charge in [-0.15, -0.1) is 0 Å². The Morgan fingerprint density at radius 2 is 1.59 bits per heavy atom. The smallest absolute Gasteiger partial charge is 0.163 e. The summed E-state index contributed by atoms with van der Waals surface area (Å²) < 4.78 is 24.1. The van der Waals surface area contributed by atoms with Gasteiger partial charge >= 0.3 is 0 Å². The van der Waals surface area contributed by atoms with Crippen molar-refractivity contribution in [3.05, 3.63) is 23.5 Å². The van der Waals surface area contributed by atoms with E-state index in [0.717, 1.165) is 0 Å². The Balaban J connectivity index is 3.26. The molecule has 0 aromatic heterocycles. The van der Waals surface area contributed by atoms with Gasteiger partial charge in [-0.25, -0.2) is 4.39 Å². The number of methoxy groups -OCH3 is 2. The van der Waals surface area contributed by atoms with Crippen LogP contribution >= 0.6 is 0 Å². The minimum Gasteiger partial charge on any atom is -0.493 e. The molecule has 0 radical (unpaired) electrons. The first-order chi connectivity index (χ1) is 7.81. The molecule has 1 aromatic carbocycles. The molecule has 1 rings (SSSR count). The fraction of sp³-hybridized carbons (Fsp3) is 0.538. The predicted octanol–water partition coefficient (Wildman–Crippen LogP) is 2.89. The van der Waals surface area contributed by atoms with E-state index in [2.05, 4.69) is 0 Å². The molecule has 17 heavy (non-hydrogen) atoms. The molecule has 0 aliphatic carbocycles. The Hall–Kier alpha value is -1.29. The van der Waals surface area contributed by atoms with E-state index in [1.165, 1.54) is 20.3 Å². The van der Waals surface area contributed by atoms with Crippen LogP contribution in [0.4, 0.5) is 4.39 Å². The molecule has 0 amide bonds. The monoisotopic (exact) mass is 241 g/mol. The van der Waals surface area contributed by atoms with Crippen LogP contribution in [0.15, 0.2) is 12.1 Å². The van der Waals surface area contributed by atoms with Crippen molar-refractivity contribution in [3.8, 4) is 11.5 Å². The Labute approximate surface area is 102 Å². The lowest BCUT2D eigenvalue weighted by atomic mass is 9.83. The average molecular weight is 241 g/mol. The first-order valence-electron chi connectivity index (χ1n) is 5.48. The number of halogens is 1. The van der Waals surface area contributed by atoms with Crippen molar-refractivity contribution < 1.29 is 13.9 Å². The SMILES string of the molecule is COc1cc(F)c([C@@H](N)C(C)(C)C)cc1OC. The predicted molar refractivity (Wildman–Crippen MR) is 65.9 cm³/mol. The number of rotatable bonds is 3. The van der Waals surface area contributed by atoms with Crippen molar-refractivity contribution in [3.63, 3.8) is 0 Å². The molecule has 0 saturated carbocycles. The number of hydrogen-bond acceptors (Lipinski definition) is 3. The molecule has 1 aromatic rings. The van der Waals surface area contributed by atoms with E-state index in [4.69, 9.17) is 15.2 Å². The van der Waals surface area contributed by atoms with Crippen molar-refractivity contribution in [1.82, 2.24) is 0 Å². The van der Waals surface area contributed by atoms with Crippen LogP contribution in [-0.4, -0.2) is 14.2 Å². The second-order valence-electron chi connectivity index (χ2n) is 5.07. The fourth-order valence-corrected chi connectivity index (χ4v) is 1.57. The van der Waals surface area contributed by atoms with E-state index >= 15 is 0 Å². The van der Waals surface area contributed by atoms with Gasteiger partial charge in [-0.2, -0.15) is 0 Å². The summed E-state index contributed by atoms with van der Waals surface area (Å²) in [5.74, 6) is 0.489. The molecule has 0 saturated heterocycles. The Morgan fingerprint density at radius 1 is 1.12 bits per heavy atom. The zero-order valence-corrected chi connectivity index (χ0v) is 11.0. The molecule has 1 atom stereocenters. The van der Waals surface area contributed by atoms with Crippen molar-refractivity contribution in [2.45, 2.75) is 26.8 Å². The van der Waals surface area contributed by atoms with E-state index in [1.54, 1.807) is 6.07 Å². The highest BCUT2D eigenvalue weighted by Crippen LogP contribution is 2.37. The van der Waals surface area contributed by atoms with Gasteiger partial charge in [0.15, 0.2) is 11.5 Å². The third kappa shape index (κ3) is 2.88. The molecular weight excluding hydrogens is 221 g/mol. The Bertz CT molecular complexity index is 399. The minimum absolute atomic E-state index is 0.222. The lowest BCUT2D eigenvalue weighted by molar-refractivity contribution is 0.313. The lowest BCUT2D eigenvalue weighted by Crippen LogP contribution is -2.27. The normalized spacial score (nSPS) is 13.4. The molecule has 0 aliphatic heterocycles. The van der Waals surface area contributed by atoms with Gasteiger partial charge in [0.25, 0.3) is 0 Å². The van der Waals surface area contributed by atoms with Crippen LogP contribution in [0.5, 0.6) is 11.5 Å². The minimum atomic E-state index is -0.401. The first-order valence-corrected chi connectivity index (χ1v) is 5.48. The van der Waals surface area contributed by atoms with Crippen molar-refractivity contribution in [2.75, 3.05) is 14.2 Å². The highest BCUT2D eigenvalue weighted by molar-refractivity contribution is 5.45. The molecule has 96 valence electrons. The van der Waals surface area contributed by atoms with E-state index < -0.39 is 6.04 Å². The van der Waals surface area contributed by atoms with Gasteiger partial charge in [0.1, 0.15) is 5.82 Å². The van der Waals surface area contributed by atoms with E-state index in [0.29, 0.717) is 17.1 Å². The summed E-state index contributed by atoms with van der Waals surface area (Å²) in [7, 11) is 2.99. The zero-order chi connectivity index (χ0) is 13.2.